The van der Waals surface area contributed by atoms with Crippen LogP contribution >= 0.6 is 12.6 Å². The molecule has 90 valence electrons. The van der Waals surface area contributed by atoms with Gasteiger partial charge in [0.15, 0.2) is 0 Å². The Labute approximate surface area is 98.5 Å². The molecule has 1 saturated heterocycles. The van der Waals surface area contributed by atoms with Gasteiger partial charge in [0.25, 0.3) is 0 Å². The van der Waals surface area contributed by atoms with Crippen molar-refractivity contribution in [3.05, 3.63) is 0 Å². The van der Waals surface area contributed by atoms with Gasteiger partial charge in [-0.15, -0.1) is 0 Å². The Balaban J connectivity index is 2.18. The van der Waals surface area contributed by atoms with Crippen LogP contribution < -0.4 is 0 Å². The molecule has 3 nitrogen and oxygen atoms in total. The standard InChI is InChI=1S/C11H23NO2S/c1-11(13-2)4-3-5-12(10-11)6-7-14-8-9-15/h15H,3-10H2,1-2H3. The van der Waals surface area contributed by atoms with Crippen molar-refractivity contribution in [2.45, 2.75) is 25.4 Å². The molecule has 1 heterocycles. The number of nitrogens with zero attached hydrogens (tertiary/aromatic N) is 1. The van der Waals surface area contributed by atoms with Crippen LogP contribution in [0.5, 0.6) is 0 Å². The first-order valence-electron chi connectivity index (χ1n) is 5.66. The van der Waals surface area contributed by atoms with Gasteiger partial charge in [0, 0.05) is 26.0 Å². The van der Waals surface area contributed by atoms with E-state index >= 15 is 0 Å². The van der Waals surface area contributed by atoms with Crippen molar-refractivity contribution in [2.75, 3.05) is 45.7 Å². The van der Waals surface area contributed by atoms with Crippen molar-refractivity contribution in [1.82, 2.24) is 4.90 Å². The van der Waals surface area contributed by atoms with E-state index in [1.807, 2.05) is 0 Å². The third-order valence-corrected chi connectivity index (χ3v) is 3.20. The molecular formula is C11H23NO2S. The minimum absolute atomic E-state index is 0.0434. The first-order valence-corrected chi connectivity index (χ1v) is 6.29. The van der Waals surface area contributed by atoms with Gasteiger partial charge in [0.1, 0.15) is 0 Å². The van der Waals surface area contributed by atoms with E-state index in [1.54, 1.807) is 7.11 Å². The van der Waals surface area contributed by atoms with Gasteiger partial charge in [0.05, 0.1) is 18.8 Å². The second kappa shape index (κ2) is 6.74. The Morgan fingerprint density at radius 2 is 2.20 bits per heavy atom. The van der Waals surface area contributed by atoms with Crippen molar-refractivity contribution in [1.29, 1.82) is 0 Å². The Kier molecular flexibility index (Phi) is 5.97. The van der Waals surface area contributed by atoms with E-state index in [1.165, 1.54) is 13.0 Å². The van der Waals surface area contributed by atoms with Crippen LogP contribution in [0.4, 0.5) is 0 Å². The lowest BCUT2D eigenvalue weighted by Gasteiger charge is -2.39. The molecule has 4 heteroatoms. The summed E-state index contributed by atoms with van der Waals surface area (Å²) in [7, 11) is 1.81. The molecule has 1 atom stereocenters. The molecule has 1 unspecified atom stereocenters. The minimum Gasteiger partial charge on any atom is -0.379 e. The number of hydrogen-bond acceptors (Lipinski definition) is 4. The van der Waals surface area contributed by atoms with Gasteiger partial charge in [-0.05, 0) is 26.3 Å². The highest BCUT2D eigenvalue weighted by atomic mass is 32.1. The maximum atomic E-state index is 5.54. The van der Waals surface area contributed by atoms with E-state index in [-0.39, 0.29) is 5.60 Å². The first kappa shape index (κ1) is 13.3. The van der Waals surface area contributed by atoms with Gasteiger partial charge in [-0.2, -0.15) is 12.6 Å². The summed E-state index contributed by atoms with van der Waals surface area (Å²) in [5, 5.41) is 0. The number of piperidine rings is 1. The number of likely N-dealkylation sites (tertiary alicyclic amines) is 1. The van der Waals surface area contributed by atoms with E-state index in [0.717, 1.165) is 38.5 Å². The summed E-state index contributed by atoms with van der Waals surface area (Å²) in [6, 6.07) is 0. The van der Waals surface area contributed by atoms with Crippen LogP contribution in [0.1, 0.15) is 19.8 Å². The van der Waals surface area contributed by atoms with Crippen LogP contribution in [0.15, 0.2) is 0 Å². The largest absolute Gasteiger partial charge is 0.379 e. The van der Waals surface area contributed by atoms with Gasteiger partial charge >= 0.3 is 0 Å². The summed E-state index contributed by atoms with van der Waals surface area (Å²) in [6.07, 6.45) is 2.38. The fourth-order valence-corrected chi connectivity index (χ4v) is 2.15. The van der Waals surface area contributed by atoms with Gasteiger partial charge in [-0.3, -0.25) is 4.90 Å². The molecule has 1 fully saturated rings. The molecule has 0 saturated carbocycles. The SMILES string of the molecule is COC1(C)CCCN(CCOCCS)C1. The van der Waals surface area contributed by atoms with Gasteiger partial charge < -0.3 is 9.47 Å². The molecule has 1 aliphatic heterocycles. The molecule has 0 aromatic carbocycles. The van der Waals surface area contributed by atoms with Gasteiger partial charge in [0.2, 0.25) is 0 Å². The molecule has 0 N–H and O–H groups in total. The monoisotopic (exact) mass is 233 g/mol. The molecule has 0 radical (unpaired) electrons. The number of rotatable bonds is 6. The van der Waals surface area contributed by atoms with Crippen molar-refractivity contribution < 1.29 is 9.47 Å². The molecule has 0 amide bonds. The summed E-state index contributed by atoms with van der Waals surface area (Å²) in [5.41, 5.74) is 0.0434. The third kappa shape index (κ3) is 4.72. The Bertz CT molecular complexity index is 180. The maximum absolute atomic E-state index is 5.54. The number of thiol groups is 1. The van der Waals surface area contributed by atoms with Crippen LogP contribution in [0, 0.1) is 0 Å². The third-order valence-electron chi connectivity index (χ3n) is 3.02. The van der Waals surface area contributed by atoms with Crippen molar-refractivity contribution >= 4 is 12.6 Å². The molecule has 15 heavy (non-hydrogen) atoms. The molecule has 0 spiro atoms. The lowest BCUT2D eigenvalue weighted by molar-refractivity contribution is -0.0550. The fourth-order valence-electron chi connectivity index (χ4n) is 2.03. The van der Waals surface area contributed by atoms with E-state index in [4.69, 9.17) is 9.47 Å². The first-order chi connectivity index (χ1) is 7.20. The molecule has 0 aromatic rings. The normalized spacial score (nSPS) is 28.2. The molecule has 1 rings (SSSR count). The van der Waals surface area contributed by atoms with E-state index in [9.17, 15) is 0 Å². The van der Waals surface area contributed by atoms with Crippen LogP contribution in [0.25, 0.3) is 0 Å². The smallest absolute Gasteiger partial charge is 0.0777 e. The summed E-state index contributed by atoms with van der Waals surface area (Å²) in [6.45, 7) is 6.94. The van der Waals surface area contributed by atoms with Crippen LogP contribution in [-0.4, -0.2) is 56.2 Å². The summed E-state index contributed by atoms with van der Waals surface area (Å²) in [5.74, 6) is 0.801. The van der Waals surface area contributed by atoms with E-state index in [2.05, 4.69) is 24.5 Å². The average molecular weight is 233 g/mol. The van der Waals surface area contributed by atoms with Crippen molar-refractivity contribution in [3.63, 3.8) is 0 Å². The topological polar surface area (TPSA) is 21.7 Å². The minimum atomic E-state index is 0.0434. The van der Waals surface area contributed by atoms with Gasteiger partial charge in [-0.1, -0.05) is 0 Å². The maximum Gasteiger partial charge on any atom is 0.0777 e. The summed E-state index contributed by atoms with van der Waals surface area (Å²) < 4.78 is 11.0. The highest BCUT2D eigenvalue weighted by Gasteiger charge is 2.30. The second-order valence-corrected chi connectivity index (χ2v) is 4.82. The fraction of sp³-hybridized carbons (Fsp3) is 1.00. The zero-order valence-electron chi connectivity index (χ0n) is 9.87. The predicted octanol–water partition coefficient (Wildman–Crippen LogP) is 1.43. The number of ether oxygens (including phenoxy) is 2. The zero-order valence-corrected chi connectivity index (χ0v) is 10.8. The number of methoxy groups -OCH3 is 1. The van der Waals surface area contributed by atoms with E-state index < -0.39 is 0 Å². The zero-order chi connectivity index (χ0) is 11.1. The van der Waals surface area contributed by atoms with Crippen molar-refractivity contribution in [3.8, 4) is 0 Å². The Hall–Kier alpha value is 0.230. The number of hydrogen-bond donors (Lipinski definition) is 1. The Morgan fingerprint density at radius 3 is 2.87 bits per heavy atom. The predicted molar refractivity (Wildman–Crippen MR) is 65.8 cm³/mol. The summed E-state index contributed by atoms with van der Waals surface area (Å²) >= 11 is 4.10. The molecule has 1 aliphatic rings. The molecule has 0 aromatic heterocycles. The Morgan fingerprint density at radius 1 is 1.40 bits per heavy atom. The molecule has 0 aliphatic carbocycles. The summed E-state index contributed by atoms with van der Waals surface area (Å²) in [4.78, 5) is 2.42. The van der Waals surface area contributed by atoms with Crippen LogP contribution in [0.3, 0.4) is 0 Å². The lowest BCUT2D eigenvalue weighted by atomic mass is 9.95. The lowest BCUT2D eigenvalue weighted by Crippen LogP contribution is -2.48. The van der Waals surface area contributed by atoms with E-state index in [0.29, 0.717) is 0 Å². The van der Waals surface area contributed by atoms with Crippen LogP contribution in [-0.2, 0) is 9.47 Å². The van der Waals surface area contributed by atoms with Crippen molar-refractivity contribution in [2.24, 2.45) is 0 Å². The van der Waals surface area contributed by atoms with Crippen LogP contribution in [0.2, 0.25) is 0 Å². The average Bonchev–Trinajstić information content (AvgIpc) is 2.25. The highest BCUT2D eigenvalue weighted by molar-refractivity contribution is 7.80. The second-order valence-electron chi connectivity index (χ2n) is 4.37. The molecule has 0 bridgehead atoms. The molecular weight excluding hydrogens is 210 g/mol. The highest BCUT2D eigenvalue weighted by Crippen LogP contribution is 2.23. The van der Waals surface area contributed by atoms with Gasteiger partial charge in [-0.25, -0.2) is 0 Å². The quantitative estimate of drug-likeness (QED) is 0.554.